The Morgan fingerprint density at radius 1 is 1.06 bits per heavy atom. The predicted octanol–water partition coefficient (Wildman–Crippen LogP) is 6.19. The molecular formula is C28H41N3O3. The van der Waals surface area contributed by atoms with Crippen molar-refractivity contribution in [3.63, 3.8) is 0 Å². The average Bonchev–Trinajstić information content (AvgIpc) is 2.72. The molecule has 2 aromatic heterocycles. The summed E-state index contributed by atoms with van der Waals surface area (Å²) in [6.45, 7) is 20.0. The van der Waals surface area contributed by atoms with Crippen LogP contribution in [0.25, 0.3) is 11.1 Å². The average molecular weight is 468 g/mol. The lowest BCUT2D eigenvalue weighted by molar-refractivity contribution is -0.171. The van der Waals surface area contributed by atoms with E-state index in [1.807, 2.05) is 66.9 Å². The largest absolute Gasteiger partial charge is 0.461 e. The molecule has 1 aliphatic heterocycles. The third kappa shape index (κ3) is 6.35. The minimum Gasteiger partial charge on any atom is -0.461 e. The molecule has 0 spiro atoms. The van der Waals surface area contributed by atoms with Crippen LogP contribution in [0.2, 0.25) is 0 Å². The number of esters is 1. The maximum absolute atomic E-state index is 13.4. The van der Waals surface area contributed by atoms with E-state index in [4.69, 9.17) is 14.5 Å². The first-order valence-corrected chi connectivity index (χ1v) is 12.3. The van der Waals surface area contributed by atoms with Crippen LogP contribution < -0.4 is 4.90 Å². The molecule has 0 aliphatic carbocycles. The van der Waals surface area contributed by atoms with Crippen molar-refractivity contribution in [2.45, 2.75) is 93.0 Å². The first-order valence-electron chi connectivity index (χ1n) is 12.3. The normalized spacial score (nSPS) is 17.1. The van der Waals surface area contributed by atoms with Crippen LogP contribution in [-0.4, -0.2) is 40.7 Å². The number of rotatable bonds is 6. The van der Waals surface area contributed by atoms with Gasteiger partial charge in [0.1, 0.15) is 0 Å². The quantitative estimate of drug-likeness (QED) is 0.472. The van der Waals surface area contributed by atoms with E-state index < -0.39 is 11.7 Å². The topological polar surface area (TPSA) is 64.6 Å². The number of hydrogen-bond acceptors (Lipinski definition) is 6. The summed E-state index contributed by atoms with van der Waals surface area (Å²) < 4.78 is 12.1. The van der Waals surface area contributed by atoms with Crippen molar-refractivity contribution in [3.8, 4) is 11.1 Å². The second-order valence-corrected chi connectivity index (χ2v) is 11.5. The highest BCUT2D eigenvalue weighted by molar-refractivity contribution is 5.87. The zero-order chi connectivity index (χ0) is 25.3. The summed E-state index contributed by atoms with van der Waals surface area (Å²) in [5.41, 5.74) is 5.22. The van der Waals surface area contributed by atoms with Crippen LogP contribution in [0.1, 0.15) is 84.4 Å². The Bertz CT molecular complexity index is 997. The molecule has 0 radical (unpaired) electrons. The van der Waals surface area contributed by atoms with E-state index in [0.29, 0.717) is 5.41 Å². The first kappa shape index (κ1) is 26.1. The van der Waals surface area contributed by atoms with Gasteiger partial charge in [0.2, 0.25) is 0 Å². The van der Waals surface area contributed by atoms with Gasteiger partial charge in [0.15, 0.2) is 6.10 Å². The van der Waals surface area contributed by atoms with E-state index in [9.17, 15) is 4.79 Å². The molecule has 1 fully saturated rings. The molecule has 1 aliphatic rings. The molecule has 0 saturated carbocycles. The van der Waals surface area contributed by atoms with Gasteiger partial charge in [-0.1, -0.05) is 19.9 Å². The highest BCUT2D eigenvalue weighted by Crippen LogP contribution is 2.43. The summed E-state index contributed by atoms with van der Waals surface area (Å²) in [7, 11) is 0. The maximum Gasteiger partial charge on any atom is 0.340 e. The third-order valence-electron chi connectivity index (χ3n) is 6.24. The van der Waals surface area contributed by atoms with Crippen LogP contribution in [0.3, 0.4) is 0 Å². The van der Waals surface area contributed by atoms with E-state index >= 15 is 0 Å². The molecule has 6 heteroatoms. The highest BCUT2D eigenvalue weighted by atomic mass is 16.6. The SMILES string of the molecule is Cc1ccc(-c2cnc(C)c([C@H](OC(C)(C)C)C(=O)OC(C)C)c2N2CCC(C)(C)CC2)cn1. The van der Waals surface area contributed by atoms with Gasteiger partial charge in [0.25, 0.3) is 0 Å². The van der Waals surface area contributed by atoms with Crippen molar-refractivity contribution in [2.24, 2.45) is 5.41 Å². The van der Waals surface area contributed by atoms with E-state index in [0.717, 1.165) is 59.7 Å². The summed E-state index contributed by atoms with van der Waals surface area (Å²) in [5.74, 6) is -0.382. The number of aryl methyl sites for hydroxylation is 2. The lowest BCUT2D eigenvalue weighted by atomic mass is 9.82. The number of aromatic nitrogens is 2. The number of hydrogen-bond donors (Lipinski definition) is 0. The molecule has 3 rings (SSSR count). The smallest absolute Gasteiger partial charge is 0.340 e. The van der Waals surface area contributed by atoms with Crippen LogP contribution >= 0.6 is 0 Å². The van der Waals surface area contributed by atoms with Crippen LogP contribution in [0, 0.1) is 19.3 Å². The van der Waals surface area contributed by atoms with Gasteiger partial charge in [-0.05, 0) is 72.8 Å². The zero-order valence-corrected chi connectivity index (χ0v) is 22.4. The molecular weight excluding hydrogens is 426 g/mol. The summed E-state index contributed by atoms with van der Waals surface area (Å²) in [6.07, 6.45) is 4.81. The fourth-order valence-electron chi connectivity index (χ4n) is 4.31. The second kappa shape index (κ2) is 10.0. The number of carbonyl (C=O) groups excluding carboxylic acids is 1. The Kier molecular flexibility index (Phi) is 7.71. The Morgan fingerprint density at radius 3 is 2.24 bits per heavy atom. The molecule has 0 bridgehead atoms. The molecule has 3 heterocycles. The van der Waals surface area contributed by atoms with Crippen LogP contribution in [0.15, 0.2) is 24.5 Å². The standard InChI is InChI=1S/C28H41N3O3/c1-18(2)33-26(32)25(34-27(5,6)7)23-20(4)30-17-22(21-11-10-19(3)29-16-21)24(23)31-14-12-28(8,9)13-15-31/h10-11,16-18,25H,12-15H2,1-9H3/t25-/m0/s1. The van der Waals surface area contributed by atoms with Crippen molar-refractivity contribution >= 4 is 11.7 Å². The van der Waals surface area contributed by atoms with E-state index in [-0.39, 0.29) is 12.1 Å². The van der Waals surface area contributed by atoms with Gasteiger partial charge < -0.3 is 14.4 Å². The number of pyridine rings is 2. The lowest BCUT2D eigenvalue weighted by Gasteiger charge is -2.41. The molecule has 34 heavy (non-hydrogen) atoms. The molecule has 0 aromatic carbocycles. The van der Waals surface area contributed by atoms with Crippen LogP contribution in [0.4, 0.5) is 5.69 Å². The number of piperidine rings is 1. The van der Waals surface area contributed by atoms with E-state index in [2.05, 4.69) is 29.8 Å². The summed E-state index contributed by atoms with van der Waals surface area (Å²) in [5, 5.41) is 0. The minimum atomic E-state index is -0.877. The van der Waals surface area contributed by atoms with Gasteiger partial charge in [-0.3, -0.25) is 9.97 Å². The highest BCUT2D eigenvalue weighted by Gasteiger charge is 2.37. The maximum atomic E-state index is 13.4. The molecule has 0 N–H and O–H groups in total. The van der Waals surface area contributed by atoms with Crippen molar-refractivity contribution < 1.29 is 14.3 Å². The number of carbonyl (C=O) groups is 1. The molecule has 0 amide bonds. The molecule has 1 saturated heterocycles. The third-order valence-corrected chi connectivity index (χ3v) is 6.24. The van der Waals surface area contributed by atoms with Crippen molar-refractivity contribution in [1.29, 1.82) is 0 Å². The molecule has 2 aromatic rings. The zero-order valence-electron chi connectivity index (χ0n) is 22.4. The van der Waals surface area contributed by atoms with Crippen LogP contribution in [0.5, 0.6) is 0 Å². The summed E-state index contributed by atoms with van der Waals surface area (Å²) >= 11 is 0. The number of ether oxygens (including phenoxy) is 2. The fraction of sp³-hybridized carbons (Fsp3) is 0.607. The van der Waals surface area contributed by atoms with Gasteiger partial charge in [-0.15, -0.1) is 0 Å². The van der Waals surface area contributed by atoms with Gasteiger partial charge in [-0.25, -0.2) is 4.79 Å². The van der Waals surface area contributed by atoms with Gasteiger partial charge in [0, 0.05) is 53.6 Å². The summed E-state index contributed by atoms with van der Waals surface area (Å²) in [4.78, 5) is 25.1. The van der Waals surface area contributed by atoms with Crippen molar-refractivity contribution in [3.05, 3.63) is 41.5 Å². The molecule has 1 atom stereocenters. The van der Waals surface area contributed by atoms with E-state index in [1.165, 1.54) is 0 Å². The van der Waals surface area contributed by atoms with Gasteiger partial charge >= 0.3 is 5.97 Å². The molecule has 0 unspecified atom stereocenters. The number of nitrogens with zero attached hydrogens (tertiary/aromatic N) is 3. The van der Waals surface area contributed by atoms with Gasteiger partial charge in [0.05, 0.1) is 17.4 Å². The monoisotopic (exact) mass is 467 g/mol. The lowest BCUT2D eigenvalue weighted by Crippen LogP contribution is -2.39. The van der Waals surface area contributed by atoms with Crippen molar-refractivity contribution in [2.75, 3.05) is 18.0 Å². The number of anilines is 1. The Morgan fingerprint density at radius 2 is 1.71 bits per heavy atom. The Hall–Kier alpha value is -2.47. The molecule has 186 valence electrons. The second-order valence-electron chi connectivity index (χ2n) is 11.5. The van der Waals surface area contributed by atoms with Crippen LogP contribution in [-0.2, 0) is 14.3 Å². The first-order chi connectivity index (χ1) is 15.8. The minimum absolute atomic E-state index is 0.240. The van der Waals surface area contributed by atoms with Gasteiger partial charge in [-0.2, -0.15) is 0 Å². The van der Waals surface area contributed by atoms with Crippen molar-refractivity contribution in [1.82, 2.24) is 9.97 Å². The van der Waals surface area contributed by atoms with E-state index in [1.54, 1.807) is 0 Å². The Labute approximate surface area is 205 Å². The Balaban J connectivity index is 2.23. The summed E-state index contributed by atoms with van der Waals surface area (Å²) in [6, 6.07) is 4.08. The fourth-order valence-corrected chi connectivity index (χ4v) is 4.31. The molecule has 6 nitrogen and oxygen atoms in total. The predicted molar refractivity (Wildman–Crippen MR) is 137 cm³/mol.